The molecule has 0 saturated heterocycles. The summed E-state index contributed by atoms with van der Waals surface area (Å²) in [5, 5.41) is 3.95. The van der Waals surface area contributed by atoms with E-state index < -0.39 is 0 Å². The second kappa shape index (κ2) is 4.20. The Morgan fingerprint density at radius 2 is 2.36 bits per heavy atom. The predicted octanol–water partition coefficient (Wildman–Crippen LogP) is 2.04. The van der Waals surface area contributed by atoms with Crippen molar-refractivity contribution in [3.63, 3.8) is 0 Å². The number of benzene rings is 1. The second-order valence-corrected chi connectivity index (χ2v) is 3.94. The highest BCUT2D eigenvalue weighted by atomic mass is 35.5. The van der Waals surface area contributed by atoms with Crippen molar-refractivity contribution < 1.29 is 4.74 Å². The van der Waals surface area contributed by atoms with Crippen LogP contribution in [0.2, 0.25) is 5.02 Å². The van der Waals surface area contributed by atoms with E-state index in [1.165, 1.54) is 11.1 Å². The van der Waals surface area contributed by atoms with Gasteiger partial charge in [-0.25, -0.2) is 0 Å². The number of ether oxygens (including phenoxy) is 1. The van der Waals surface area contributed by atoms with Crippen molar-refractivity contribution in [2.45, 2.75) is 12.8 Å². The smallest absolute Gasteiger partial charge is 0.125 e. The van der Waals surface area contributed by atoms with Crippen molar-refractivity contribution in [2.75, 3.05) is 20.2 Å². The van der Waals surface area contributed by atoms with Crippen LogP contribution >= 0.6 is 11.6 Å². The fourth-order valence-corrected chi connectivity index (χ4v) is 2.05. The van der Waals surface area contributed by atoms with E-state index in [9.17, 15) is 0 Å². The molecule has 2 nitrogen and oxygen atoms in total. The molecule has 1 heterocycles. The zero-order valence-corrected chi connectivity index (χ0v) is 9.03. The van der Waals surface area contributed by atoms with Crippen molar-refractivity contribution in [3.8, 4) is 5.75 Å². The van der Waals surface area contributed by atoms with E-state index in [-0.39, 0.29) is 0 Å². The van der Waals surface area contributed by atoms with Gasteiger partial charge in [-0.15, -0.1) is 0 Å². The molecule has 3 heteroatoms. The molecule has 1 N–H and O–H groups in total. The van der Waals surface area contributed by atoms with Crippen molar-refractivity contribution in [2.24, 2.45) is 0 Å². The molecule has 0 fully saturated rings. The first-order valence-corrected chi connectivity index (χ1v) is 5.28. The fourth-order valence-electron chi connectivity index (χ4n) is 1.79. The van der Waals surface area contributed by atoms with Crippen LogP contribution in [0.4, 0.5) is 0 Å². The molecule has 1 aromatic carbocycles. The Morgan fingerprint density at radius 3 is 3.14 bits per heavy atom. The van der Waals surface area contributed by atoms with Gasteiger partial charge in [-0.2, -0.15) is 0 Å². The molecule has 1 aliphatic rings. The molecular weight excluding hydrogens is 198 g/mol. The number of likely N-dealkylation sites (N-methyl/N-ethyl adjacent to an activating group) is 1. The molecule has 0 aromatic heterocycles. The maximum Gasteiger partial charge on any atom is 0.125 e. The van der Waals surface area contributed by atoms with Crippen LogP contribution in [-0.4, -0.2) is 20.2 Å². The Hall–Kier alpha value is -0.730. The average molecular weight is 212 g/mol. The lowest BCUT2D eigenvalue weighted by Crippen LogP contribution is -2.10. The first-order valence-electron chi connectivity index (χ1n) is 4.90. The molecule has 0 unspecified atom stereocenters. The maximum absolute atomic E-state index is 6.03. The van der Waals surface area contributed by atoms with Crippen molar-refractivity contribution >= 4 is 11.6 Å². The lowest BCUT2D eigenvalue weighted by molar-refractivity contribution is 0.353. The molecule has 1 aromatic rings. The monoisotopic (exact) mass is 211 g/mol. The molecule has 0 saturated carbocycles. The van der Waals surface area contributed by atoms with Gasteiger partial charge in [0, 0.05) is 11.4 Å². The molecule has 0 atom stereocenters. The van der Waals surface area contributed by atoms with E-state index >= 15 is 0 Å². The van der Waals surface area contributed by atoms with Gasteiger partial charge in [0.1, 0.15) is 5.75 Å². The molecule has 76 valence electrons. The first kappa shape index (κ1) is 9.81. The lowest BCUT2D eigenvalue weighted by Gasteiger charge is -2.08. The van der Waals surface area contributed by atoms with E-state index in [1.807, 2.05) is 19.2 Å². The quantitative estimate of drug-likeness (QED) is 0.826. The average Bonchev–Trinajstić information content (AvgIpc) is 2.61. The van der Waals surface area contributed by atoms with E-state index in [0.717, 1.165) is 36.8 Å². The number of hydrogen-bond donors (Lipinski definition) is 1. The van der Waals surface area contributed by atoms with E-state index in [4.69, 9.17) is 16.3 Å². The highest BCUT2D eigenvalue weighted by Crippen LogP contribution is 2.32. The Kier molecular flexibility index (Phi) is 2.94. The Labute approximate surface area is 89.2 Å². The summed E-state index contributed by atoms with van der Waals surface area (Å²) < 4.78 is 5.60. The van der Waals surface area contributed by atoms with Gasteiger partial charge in [0.2, 0.25) is 0 Å². The van der Waals surface area contributed by atoms with E-state index in [0.29, 0.717) is 0 Å². The standard InChI is InChI=1S/C11H14ClNO/c1-13-4-2-8-6-10(12)7-9-3-5-14-11(8)9/h6-7,13H,2-5H2,1H3. The van der Waals surface area contributed by atoms with Crippen LogP contribution < -0.4 is 10.1 Å². The summed E-state index contributed by atoms with van der Waals surface area (Å²) in [4.78, 5) is 0. The highest BCUT2D eigenvalue weighted by Gasteiger charge is 2.16. The molecule has 1 aliphatic heterocycles. The summed E-state index contributed by atoms with van der Waals surface area (Å²) in [6.45, 7) is 1.75. The second-order valence-electron chi connectivity index (χ2n) is 3.51. The van der Waals surface area contributed by atoms with Gasteiger partial charge in [-0.3, -0.25) is 0 Å². The van der Waals surface area contributed by atoms with Crippen molar-refractivity contribution in [3.05, 3.63) is 28.3 Å². The largest absolute Gasteiger partial charge is 0.493 e. The molecular formula is C11H14ClNO. The lowest BCUT2D eigenvalue weighted by atomic mass is 10.1. The molecule has 0 bridgehead atoms. The summed E-state index contributed by atoms with van der Waals surface area (Å²) in [5.41, 5.74) is 2.47. The number of hydrogen-bond acceptors (Lipinski definition) is 2. The van der Waals surface area contributed by atoms with Gasteiger partial charge in [-0.1, -0.05) is 11.6 Å². The van der Waals surface area contributed by atoms with Crippen LogP contribution in [0.15, 0.2) is 12.1 Å². The zero-order chi connectivity index (χ0) is 9.97. The Balaban J connectivity index is 2.29. The number of fused-ring (bicyclic) bond motifs is 1. The fraction of sp³-hybridized carbons (Fsp3) is 0.455. The molecule has 2 rings (SSSR count). The van der Waals surface area contributed by atoms with Gasteiger partial charge in [0.05, 0.1) is 6.61 Å². The molecule has 0 amide bonds. The number of nitrogens with one attached hydrogen (secondary N) is 1. The first-order chi connectivity index (χ1) is 6.81. The van der Waals surface area contributed by atoms with Gasteiger partial charge < -0.3 is 10.1 Å². The Bertz CT molecular complexity index is 338. The minimum absolute atomic E-state index is 0.794. The predicted molar refractivity (Wildman–Crippen MR) is 58.3 cm³/mol. The molecule has 0 aliphatic carbocycles. The topological polar surface area (TPSA) is 21.3 Å². The van der Waals surface area contributed by atoms with Crippen LogP contribution in [0.5, 0.6) is 5.75 Å². The van der Waals surface area contributed by atoms with E-state index in [2.05, 4.69) is 5.32 Å². The summed E-state index contributed by atoms with van der Waals surface area (Å²) in [5.74, 6) is 1.06. The third-order valence-corrected chi connectivity index (χ3v) is 2.69. The van der Waals surface area contributed by atoms with Crippen LogP contribution in [0, 0.1) is 0 Å². The van der Waals surface area contributed by atoms with Crippen LogP contribution in [0.1, 0.15) is 11.1 Å². The van der Waals surface area contributed by atoms with Crippen LogP contribution in [-0.2, 0) is 12.8 Å². The SMILES string of the molecule is CNCCc1cc(Cl)cc2c1OCC2. The number of rotatable bonds is 3. The van der Waals surface area contributed by atoms with Crippen molar-refractivity contribution in [1.82, 2.24) is 5.32 Å². The molecule has 0 radical (unpaired) electrons. The zero-order valence-electron chi connectivity index (χ0n) is 8.27. The summed E-state index contributed by atoms with van der Waals surface area (Å²) in [6, 6.07) is 4.01. The van der Waals surface area contributed by atoms with Crippen LogP contribution in [0.25, 0.3) is 0 Å². The summed E-state index contributed by atoms with van der Waals surface area (Å²) in [7, 11) is 1.95. The van der Waals surface area contributed by atoms with Gasteiger partial charge in [0.15, 0.2) is 0 Å². The normalized spacial score (nSPS) is 13.9. The number of halogens is 1. The van der Waals surface area contributed by atoms with Gasteiger partial charge in [0.25, 0.3) is 0 Å². The summed E-state index contributed by atoms with van der Waals surface area (Å²) in [6.07, 6.45) is 1.96. The summed E-state index contributed by atoms with van der Waals surface area (Å²) >= 11 is 6.03. The van der Waals surface area contributed by atoms with Crippen LogP contribution in [0.3, 0.4) is 0 Å². The van der Waals surface area contributed by atoms with Gasteiger partial charge in [-0.05, 0) is 43.3 Å². The van der Waals surface area contributed by atoms with Gasteiger partial charge >= 0.3 is 0 Å². The third-order valence-electron chi connectivity index (χ3n) is 2.47. The Morgan fingerprint density at radius 1 is 1.50 bits per heavy atom. The molecule has 14 heavy (non-hydrogen) atoms. The third kappa shape index (κ3) is 1.86. The van der Waals surface area contributed by atoms with Crippen molar-refractivity contribution in [1.29, 1.82) is 0 Å². The maximum atomic E-state index is 6.03. The van der Waals surface area contributed by atoms with E-state index in [1.54, 1.807) is 0 Å². The molecule has 0 spiro atoms. The minimum atomic E-state index is 0.794. The minimum Gasteiger partial charge on any atom is -0.493 e. The highest BCUT2D eigenvalue weighted by molar-refractivity contribution is 6.30.